The Bertz CT molecular complexity index is 629. The summed E-state index contributed by atoms with van der Waals surface area (Å²) in [5, 5.41) is 49.7. The maximum Gasteiger partial charge on any atom is 0.264 e. The van der Waals surface area contributed by atoms with Crippen LogP contribution in [0.2, 0.25) is 0 Å². The average Bonchev–Trinajstić information content (AvgIpc) is 2.81. The normalized spacial score (nSPS) is 37.2. The number of aliphatic hydroxyl groups excluding tert-OH is 4. The first-order valence-electron chi connectivity index (χ1n) is 6.84. The molecule has 1 aromatic rings. The third-order valence-electron chi connectivity index (χ3n) is 4.14. The van der Waals surface area contributed by atoms with Gasteiger partial charge in [-0.3, -0.25) is 9.59 Å². The van der Waals surface area contributed by atoms with Crippen LogP contribution in [0.4, 0.5) is 0 Å². The average molecular weight is 325 g/mol. The van der Waals surface area contributed by atoms with Crippen LogP contribution < -0.4 is 0 Å². The first-order chi connectivity index (χ1) is 10.8. The molecular formula is C14H15NO8. The number of rotatable bonds is 2. The summed E-state index contributed by atoms with van der Waals surface area (Å²) in [5.74, 6) is -1.88. The molecule has 5 atom stereocenters. The summed E-state index contributed by atoms with van der Waals surface area (Å²) in [7, 11) is 0. The van der Waals surface area contributed by atoms with E-state index in [0.717, 1.165) is 0 Å². The van der Waals surface area contributed by atoms with Gasteiger partial charge < -0.3 is 30.3 Å². The zero-order valence-electron chi connectivity index (χ0n) is 11.7. The van der Waals surface area contributed by atoms with Crippen molar-refractivity contribution in [2.45, 2.75) is 30.3 Å². The van der Waals surface area contributed by atoms with Crippen LogP contribution >= 0.6 is 0 Å². The van der Waals surface area contributed by atoms with Crippen molar-refractivity contribution in [3.63, 3.8) is 0 Å². The molecule has 2 amide bonds. The van der Waals surface area contributed by atoms with Gasteiger partial charge >= 0.3 is 0 Å². The summed E-state index contributed by atoms with van der Waals surface area (Å²) in [6.45, 7) is -0.743. The summed E-state index contributed by atoms with van der Waals surface area (Å²) < 4.78 is 4.84. The molecule has 1 aromatic carbocycles. The monoisotopic (exact) mass is 325 g/mol. The Labute approximate surface area is 130 Å². The molecule has 3 rings (SSSR count). The van der Waals surface area contributed by atoms with E-state index in [1.54, 1.807) is 0 Å². The summed E-state index contributed by atoms with van der Waals surface area (Å²) in [4.78, 5) is 25.1. The summed E-state index contributed by atoms with van der Waals surface area (Å²) in [5.41, 5.74) is -2.91. The lowest BCUT2D eigenvalue weighted by atomic mass is 9.92. The number of amides is 2. The summed E-state index contributed by atoms with van der Waals surface area (Å²) in [6, 6.07) is 5.74. The van der Waals surface area contributed by atoms with Gasteiger partial charge in [0.25, 0.3) is 11.8 Å². The second-order valence-electron chi connectivity index (χ2n) is 5.42. The van der Waals surface area contributed by atoms with Crippen LogP contribution in [0.25, 0.3) is 0 Å². The van der Waals surface area contributed by atoms with Crippen molar-refractivity contribution >= 4 is 11.8 Å². The highest BCUT2D eigenvalue weighted by molar-refractivity contribution is 6.21. The van der Waals surface area contributed by atoms with E-state index in [-0.39, 0.29) is 16.0 Å². The van der Waals surface area contributed by atoms with E-state index in [0.29, 0.717) is 0 Å². The van der Waals surface area contributed by atoms with Gasteiger partial charge in [-0.2, -0.15) is 0 Å². The van der Waals surface area contributed by atoms with E-state index in [1.165, 1.54) is 24.3 Å². The highest BCUT2D eigenvalue weighted by Gasteiger charge is 2.62. The van der Waals surface area contributed by atoms with Gasteiger partial charge in [0.1, 0.15) is 18.3 Å². The van der Waals surface area contributed by atoms with Crippen LogP contribution in [0, 0.1) is 0 Å². The molecular weight excluding hydrogens is 310 g/mol. The van der Waals surface area contributed by atoms with Gasteiger partial charge in [0.05, 0.1) is 17.7 Å². The van der Waals surface area contributed by atoms with E-state index < -0.39 is 48.7 Å². The van der Waals surface area contributed by atoms with Crippen molar-refractivity contribution in [2.75, 3.05) is 6.61 Å². The number of ether oxygens (including phenoxy) is 1. The van der Waals surface area contributed by atoms with Crippen molar-refractivity contribution in [1.82, 2.24) is 4.90 Å². The van der Waals surface area contributed by atoms with Crippen molar-refractivity contribution in [2.24, 2.45) is 0 Å². The number of nitrogens with zero attached hydrogens (tertiary/aromatic N) is 1. The third kappa shape index (κ3) is 2.02. The molecule has 5 N–H and O–H groups in total. The van der Waals surface area contributed by atoms with E-state index in [4.69, 9.17) is 9.84 Å². The Kier molecular flexibility index (Phi) is 3.71. The van der Waals surface area contributed by atoms with E-state index in [1.807, 2.05) is 0 Å². The van der Waals surface area contributed by atoms with E-state index in [9.17, 15) is 30.0 Å². The van der Waals surface area contributed by atoms with Crippen LogP contribution in [-0.2, 0) is 4.74 Å². The smallest absolute Gasteiger partial charge is 0.264 e. The zero-order valence-corrected chi connectivity index (χ0v) is 11.7. The van der Waals surface area contributed by atoms with Gasteiger partial charge in [-0.25, -0.2) is 4.90 Å². The topological polar surface area (TPSA) is 148 Å². The molecule has 0 saturated carbocycles. The molecule has 2 aliphatic heterocycles. The minimum atomic E-state index is -2.89. The molecule has 1 fully saturated rings. The fourth-order valence-corrected chi connectivity index (χ4v) is 2.86. The van der Waals surface area contributed by atoms with E-state index >= 15 is 0 Å². The molecule has 0 spiro atoms. The molecule has 2 aliphatic rings. The number of hydrogen-bond acceptors (Lipinski definition) is 8. The quantitative estimate of drug-likeness (QED) is 0.372. The zero-order chi connectivity index (χ0) is 16.9. The Balaban J connectivity index is 2.04. The Morgan fingerprint density at radius 3 is 2.09 bits per heavy atom. The minimum absolute atomic E-state index is 0.0101. The second kappa shape index (κ2) is 5.34. The van der Waals surface area contributed by atoms with Crippen LogP contribution in [-0.4, -0.2) is 79.2 Å². The van der Waals surface area contributed by atoms with Crippen molar-refractivity contribution in [1.29, 1.82) is 0 Å². The number of benzene rings is 1. The number of carbonyl (C=O) groups excluding carboxylic acids is 2. The Hall–Kier alpha value is -1.88. The van der Waals surface area contributed by atoms with Gasteiger partial charge in [-0.05, 0) is 12.1 Å². The SMILES string of the molecule is O=C1c2ccccc2C(=O)N1[C@]1(O)[C@@H](O)O[C@H](CO)[C@@H](O)[C@@H]1O. The lowest BCUT2D eigenvalue weighted by Crippen LogP contribution is -2.74. The Morgan fingerprint density at radius 1 is 1.09 bits per heavy atom. The molecule has 0 aliphatic carbocycles. The molecule has 9 heteroatoms. The Morgan fingerprint density at radius 2 is 1.61 bits per heavy atom. The second-order valence-corrected chi connectivity index (χ2v) is 5.42. The predicted octanol–water partition coefficient (Wildman–Crippen LogP) is -2.60. The molecule has 1 saturated heterocycles. The van der Waals surface area contributed by atoms with Crippen LogP contribution in [0.1, 0.15) is 20.7 Å². The minimum Gasteiger partial charge on any atom is -0.394 e. The van der Waals surface area contributed by atoms with Crippen molar-refractivity contribution < 1.29 is 39.9 Å². The van der Waals surface area contributed by atoms with Crippen LogP contribution in [0.15, 0.2) is 24.3 Å². The van der Waals surface area contributed by atoms with Gasteiger partial charge in [0, 0.05) is 0 Å². The van der Waals surface area contributed by atoms with Crippen molar-refractivity contribution in [3.05, 3.63) is 35.4 Å². The largest absolute Gasteiger partial charge is 0.394 e. The molecule has 0 unspecified atom stereocenters. The number of fused-ring (bicyclic) bond motifs is 1. The fraction of sp³-hybridized carbons (Fsp3) is 0.429. The lowest BCUT2D eigenvalue weighted by Gasteiger charge is -2.48. The number of aliphatic hydroxyl groups is 5. The molecule has 124 valence electrons. The fourth-order valence-electron chi connectivity index (χ4n) is 2.86. The molecule has 2 heterocycles. The maximum absolute atomic E-state index is 12.4. The molecule has 0 aromatic heterocycles. The first-order valence-corrected chi connectivity index (χ1v) is 6.84. The highest BCUT2D eigenvalue weighted by atomic mass is 16.6. The molecule has 9 nitrogen and oxygen atoms in total. The van der Waals surface area contributed by atoms with Gasteiger partial charge in [-0.1, -0.05) is 12.1 Å². The third-order valence-corrected chi connectivity index (χ3v) is 4.14. The molecule has 23 heavy (non-hydrogen) atoms. The molecule has 0 bridgehead atoms. The summed E-state index contributed by atoms with van der Waals surface area (Å²) in [6.07, 6.45) is -7.54. The van der Waals surface area contributed by atoms with Crippen molar-refractivity contribution in [3.8, 4) is 0 Å². The predicted molar refractivity (Wildman–Crippen MR) is 71.9 cm³/mol. The van der Waals surface area contributed by atoms with Gasteiger partial charge in [0.2, 0.25) is 12.0 Å². The van der Waals surface area contributed by atoms with Crippen LogP contribution in [0.3, 0.4) is 0 Å². The maximum atomic E-state index is 12.4. The highest BCUT2D eigenvalue weighted by Crippen LogP contribution is 2.37. The lowest BCUT2D eigenvalue weighted by molar-refractivity contribution is -0.354. The van der Waals surface area contributed by atoms with Gasteiger partial charge in [0.15, 0.2) is 0 Å². The van der Waals surface area contributed by atoms with Gasteiger partial charge in [-0.15, -0.1) is 0 Å². The molecule has 0 radical (unpaired) electrons. The number of hydrogen-bond donors (Lipinski definition) is 5. The number of imide groups is 1. The standard InChI is InChI=1S/C14H15NO8/c16-5-8-9(17)10(18)14(22,13(21)23-8)15-11(19)6-3-1-2-4-7(6)12(15)20/h1-4,8-10,13,16-18,21-22H,5H2/t8-,9-,10+,13+,14-/m1/s1. The summed E-state index contributed by atoms with van der Waals surface area (Å²) >= 11 is 0. The number of carbonyl (C=O) groups is 2. The first kappa shape index (κ1) is 16.0. The van der Waals surface area contributed by atoms with Crippen LogP contribution in [0.5, 0.6) is 0 Å². The van der Waals surface area contributed by atoms with E-state index in [2.05, 4.69) is 0 Å².